The van der Waals surface area contributed by atoms with Gasteiger partial charge in [0.25, 0.3) is 0 Å². The van der Waals surface area contributed by atoms with Crippen molar-refractivity contribution in [2.75, 3.05) is 0 Å². The van der Waals surface area contributed by atoms with Gasteiger partial charge in [-0.1, -0.05) is 0 Å². The molecule has 0 saturated heterocycles. The molecule has 0 aromatic carbocycles. The second-order valence-electron chi connectivity index (χ2n) is 0.784. The second-order valence-corrected chi connectivity index (χ2v) is 1.38. The molecule has 0 aromatic heterocycles. The highest BCUT2D eigenvalue weighted by Gasteiger charge is 1.83. The van der Waals surface area contributed by atoms with Gasteiger partial charge in [0.05, 0.1) is 0 Å². The normalized spacial score (nSPS) is 7.62. The van der Waals surface area contributed by atoms with Crippen molar-refractivity contribution in [3.05, 3.63) is 0 Å². The average molecular weight is 137 g/mol. The maximum Gasteiger partial charge on any atom is 0.334 e. The Kier molecular flexibility index (Phi) is 2.74. The van der Waals surface area contributed by atoms with Crippen molar-refractivity contribution in [2.45, 2.75) is 0 Å². The number of nitrogens with two attached hydrogens (primary N) is 1. The fourth-order valence-corrected chi connectivity index (χ4v) is 0.289. The summed E-state index contributed by atoms with van der Waals surface area (Å²) < 4.78 is 21.6. The molecule has 0 aliphatic heterocycles. The first kappa shape index (κ1) is 7.05. The molecule has 0 heterocycles. The summed E-state index contributed by atoms with van der Waals surface area (Å²) in [6.45, 7) is 0. The minimum Gasteiger partial charge on any atom is -0.275 e. The topological polar surface area (TPSA) is 92.8 Å². The molecule has 6 nitrogen and oxygen atoms in total. The molecule has 46 valence electrons. The van der Waals surface area contributed by atoms with Gasteiger partial charge in [0.1, 0.15) is 0 Å². The third-order valence-electron chi connectivity index (χ3n) is 0.269. The summed E-state index contributed by atoms with van der Waals surface area (Å²) in [6.07, 6.45) is 0.0653. The van der Waals surface area contributed by atoms with Gasteiger partial charge >= 0.3 is 10.5 Å². The van der Waals surface area contributed by atoms with Crippen LogP contribution in [0, 0.1) is 0 Å². The summed E-state index contributed by atoms with van der Waals surface area (Å²) in [5.41, 5.74) is 0. The molecule has 2 N–H and O–H groups in total. The number of hydrogen-bond acceptors (Lipinski definition) is 5. The lowest BCUT2D eigenvalue weighted by Gasteiger charge is -1.91. The zero-order valence-electron chi connectivity index (χ0n) is 3.68. The van der Waals surface area contributed by atoms with Crippen LogP contribution in [0.5, 0.6) is 0 Å². The van der Waals surface area contributed by atoms with Gasteiger partial charge in [0.2, 0.25) is 6.41 Å². The molecule has 0 rings (SSSR count). The Hall–Kier alpha value is -0.950. The maximum atomic E-state index is 9.52. The van der Waals surface area contributed by atoms with Crippen LogP contribution in [0.4, 0.5) is 0 Å². The third-order valence-corrected chi connectivity index (χ3v) is 0.591. The molecule has 0 unspecified atom stereocenters. The van der Waals surface area contributed by atoms with Gasteiger partial charge in [-0.2, -0.15) is 13.5 Å². The van der Waals surface area contributed by atoms with E-state index in [4.69, 9.17) is 0 Å². The van der Waals surface area contributed by atoms with Crippen molar-refractivity contribution in [2.24, 2.45) is 10.3 Å². The van der Waals surface area contributed by atoms with E-state index in [0.717, 1.165) is 0 Å². The lowest BCUT2D eigenvalue weighted by atomic mass is 11.4. The number of amides is 1. The lowest BCUT2D eigenvalue weighted by molar-refractivity contribution is -0.118. The molecule has 0 spiro atoms. The zero-order chi connectivity index (χ0) is 6.57. The first-order valence-electron chi connectivity index (χ1n) is 1.47. The second kappa shape index (κ2) is 3.10. The van der Waals surface area contributed by atoms with Gasteiger partial charge in [-0.25, -0.2) is 5.84 Å². The molecule has 0 aliphatic carbocycles. The number of nitrogens with zero attached hydrogens (tertiary/aromatic N) is 2. The van der Waals surface area contributed by atoms with E-state index in [-0.39, 0.29) is 11.5 Å². The fourth-order valence-electron chi connectivity index (χ4n) is 0.0962. The molecule has 0 saturated carbocycles. The lowest BCUT2D eigenvalue weighted by Crippen LogP contribution is -2.22. The summed E-state index contributed by atoms with van der Waals surface area (Å²) in [6, 6.07) is 0. The van der Waals surface area contributed by atoms with E-state index >= 15 is 0 Å². The molecule has 0 aliphatic rings. The first-order chi connectivity index (χ1) is 3.66. The minimum atomic E-state index is -2.65. The van der Waals surface area contributed by atoms with Crippen LogP contribution in [-0.4, -0.2) is 19.9 Å². The molecule has 1 amide bonds. The fraction of sp³-hybridized carbons (Fsp3) is 0. The molecule has 0 fully saturated rings. The van der Waals surface area contributed by atoms with E-state index in [1.807, 2.05) is 0 Å². The average Bonchev–Trinajstić information content (AvgIpc) is 1.65. The Morgan fingerprint density at radius 2 is 2.12 bits per heavy atom. The Morgan fingerprint density at radius 3 is 2.25 bits per heavy atom. The van der Waals surface area contributed by atoms with Gasteiger partial charge in [0.15, 0.2) is 0 Å². The van der Waals surface area contributed by atoms with Crippen LogP contribution in [-0.2, 0) is 15.3 Å². The van der Waals surface area contributed by atoms with Gasteiger partial charge in [-0.05, 0) is 4.47 Å². The number of hydrazine groups is 1. The Balaban J connectivity index is 4.09. The third kappa shape index (κ3) is 3.25. The van der Waals surface area contributed by atoms with E-state index in [0.29, 0.717) is 0 Å². The van der Waals surface area contributed by atoms with Gasteiger partial charge in [0, 0.05) is 0 Å². The van der Waals surface area contributed by atoms with E-state index in [1.165, 1.54) is 0 Å². The maximum absolute atomic E-state index is 9.52. The summed E-state index contributed by atoms with van der Waals surface area (Å²) in [7, 11) is -2.65. The molecule has 0 bridgehead atoms. The van der Waals surface area contributed by atoms with E-state index in [1.54, 1.807) is 0 Å². The van der Waals surface area contributed by atoms with Crippen LogP contribution < -0.4 is 5.84 Å². The van der Waals surface area contributed by atoms with Crippen LogP contribution >= 0.6 is 0 Å². The Morgan fingerprint density at radius 1 is 1.62 bits per heavy atom. The molecule has 0 atom stereocenters. The first-order valence-corrected chi connectivity index (χ1v) is 2.50. The van der Waals surface area contributed by atoms with Gasteiger partial charge in [-0.15, -0.1) is 0 Å². The molecule has 0 aromatic rings. The van der Waals surface area contributed by atoms with Crippen LogP contribution in [0.3, 0.4) is 0 Å². The number of hydrogen-bond donors (Lipinski definition) is 1. The number of rotatable bonds is 2. The van der Waals surface area contributed by atoms with Crippen LogP contribution in [0.25, 0.3) is 0 Å². The standard InChI is InChI=1S/CH3N3O3S/c2-4(1-5)3-8(6)7/h1H,2H2. The van der Waals surface area contributed by atoms with Gasteiger partial charge in [-0.3, -0.25) is 4.79 Å². The molecular weight excluding hydrogens is 134 g/mol. The largest absolute Gasteiger partial charge is 0.334 e. The van der Waals surface area contributed by atoms with Crippen molar-refractivity contribution in [1.29, 1.82) is 0 Å². The minimum absolute atomic E-state index is 0.0653. The SMILES string of the molecule is NN(C=O)N=S(=O)=O. The zero-order valence-corrected chi connectivity index (χ0v) is 4.50. The van der Waals surface area contributed by atoms with Crippen molar-refractivity contribution < 1.29 is 13.2 Å². The van der Waals surface area contributed by atoms with E-state index < -0.39 is 10.5 Å². The number of carbonyl (C=O) groups excluding carboxylic acids is 1. The summed E-state index contributed by atoms with van der Waals surface area (Å²) in [5.74, 6) is 4.58. The van der Waals surface area contributed by atoms with Gasteiger partial charge < -0.3 is 0 Å². The summed E-state index contributed by atoms with van der Waals surface area (Å²) in [5, 5.41) is 0.156. The molecule has 0 radical (unpaired) electrons. The monoisotopic (exact) mass is 137 g/mol. The molecular formula is CH3N3O3S. The van der Waals surface area contributed by atoms with Crippen molar-refractivity contribution >= 4 is 16.9 Å². The highest BCUT2D eigenvalue weighted by Crippen LogP contribution is 1.65. The molecule has 8 heavy (non-hydrogen) atoms. The highest BCUT2D eigenvalue weighted by atomic mass is 32.2. The Bertz CT molecular complexity index is 185. The van der Waals surface area contributed by atoms with Crippen molar-refractivity contribution in [3.8, 4) is 0 Å². The Labute approximate surface area is 46.5 Å². The van der Waals surface area contributed by atoms with Crippen LogP contribution in [0.15, 0.2) is 4.47 Å². The summed E-state index contributed by atoms with van der Waals surface area (Å²) >= 11 is 0. The van der Waals surface area contributed by atoms with E-state index in [9.17, 15) is 13.2 Å². The summed E-state index contributed by atoms with van der Waals surface area (Å²) in [4.78, 5) is 9.47. The van der Waals surface area contributed by atoms with E-state index in [2.05, 4.69) is 10.3 Å². The van der Waals surface area contributed by atoms with Crippen LogP contribution in [0.1, 0.15) is 0 Å². The smallest absolute Gasteiger partial charge is 0.275 e. The number of carbonyl (C=O) groups is 1. The highest BCUT2D eigenvalue weighted by molar-refractivity contribution is 7.61. The predicted molar refractivity (Wildman–Crippen MR) is 23.4 cm³/mol. The van der Waals surface area contributed by atoms with Crippen LogP contribution in [0.2, 0.25) is 0 Å². The quantitative estimate of drug-likeness (QED) is 0.212. The molecule has 7 heteroatoms. The predicted octanol–water partition coefficient (Wildman–Crippen LogP) is -1.70. The van der Waals surface area contributed by atoms with Crippen molar-refractivity contribution in [1.82, 2.24) is 5.12 Å². The van der Waals surface area contributed by atoms with Crippen molar-refractivity contribution in [3.63, 3.8) is 0 Å².